The summed E-state index contributed by atoms with van der Waals surface area (Å²) < 4.78 is 0.947. The van der Waals surface area contributed by atoms with Crippen LogP contribution in [-0.2, 0) is 4.79 Å². The third-order valence-corrected chi connectivity index (χ3v) is 4.44. The van der Waals surface area contributed by atoms with Crippen LogP contribution in [-0.4, -0.2) is 17.2 Å². The van der Waals surface area contributed by atoms with Gasteiger partial charge in [0.2, 0.25) is 5.91 Å². The summed E-state index contributed by atoms with van der Waals surface area (Å²) in [6.07, 6.45) is 2.08. The van der Waals surface area contributed by atoms with Crippen molar-refractivity contribution < 1.29 is 4.79 Å². The van der Waals surface area contributed by atoms with Gasteiger partial charge in [0, 0.05) is 21.1 Å². The molecule has 5 heteroatoms. The van der Waals surface area contributed by atoms with Gasteiger partial charge in [-0.3, -0.25) is 4.79 Å². The number of hydrogen-bond donors (Lipinski definition) is 2. The molecular weight excluding hydrogens is 324 g/mol. The molecule has 1 aromatic rings. The van der Waals surface area contributed by atoms with Crippen molar-refractivity contribution in [3.05, 3.63) is 22.7 Å². The Morgan fingerprint density at radius 1 is 1.47 bits per heavy atom. The highest BCUT2D eigenvalue weighted by Crippen LogP contribution is 2.30. The Morgan fingerprint density at radius 2 is 2.16 bits per heavy atom. The van der Waals surface area contributed by atoms with Crippen LogP contribution in [0.1, 0.15) is 33.6 Å². The van der Waals surface area contributed by atoms with E-state index in [4.69, 9.17) is 5.73 Å². The topological polar surface area (TPSA) is 55.1 Å². The monoisotopic (exact) mass is 344 g/mol. The first-order valence-corrected chi connectivity index (χ1v) is 8.13. The summed E-state index contributed by atoms with van der Waals surface area (Å²) in [5.41, 5.74) is 6.63. The van der Waals surface area contributed by atoms with E-state index in [0.717, 1.165) is 22.2 Å². The SMILES string of the molecule is CCCC(C)NC(=O)C(C)Sc1ccc(Br)cc1N. The van der Waals surface area contributed by atoms with Crippen LogP contribution in [0.2, 0.25) is 0 Å². The molecule has 0 saturated heterocycles. The van der Waals surface area contributed by atoms with Gasteiger partial charge in [-0.1, -0.05) is 29.3 Å². The van der Waals surface area contributed by atoms with Crippen LogP contribution in [0.3, 0.4) is 0 Å². The Balaban J connectivity index is 2.58. The predicted octanol–water partition coefficient (Wildman–Crippen LogP) is 3.82. The van der Waals surface area contributed by atoms with E-state index >= 15 is 0 Å². The first kappa shape index (κ1) is 16.4. The predicted molar refractivity (Wildman–Crippen MR) is 86.4 cm³/mol. The minimum Gasteiger partial charge on any atom is -0.398 e. The molecule has 3 N–H and O–H groups in total. The number of benzene rings is 1. The second kappa shape index (κ2) is 7.80. The molecule has 1 amide bonds. The molecule has 0 aliphatic rings. The zero-order valence-electron chi connectivity index (χ0n) is 11.6. The molecule has 0 bridgehead atoms. The quantitative estimate of drug-likeness (QED) is 0.609. The number of rotatable bonds is 6. The maximum atomic E-state index is 12.0. The van der Waals surface area contributed by atoms with Gasteiger partial charge in [-0.15, -0.1) is 11.8 Å². The van der Waals surface area contributed by atoms with Crippen molar-refractivity contribution in [2.45, 2.75) is 49.8 Å². The van der Waals surface area contributed by atoms with Gasteiger partial charge >= 0.3 is 0 Å². The average molecular weight is 345 g/mol. The fraction of sp³-hybridized carbons (Fsp3) is 0.500. The zero-order valence-corrected chi connectivity index (χ0v) is 14.0. The lowest BCUT2D eigenvalue weighted by molar-refractivity contribution is -0.120. The van der Waals surface area contributed by atoms with Crippen molar-refractivity contribution in [1.82, 2.24) is 5.32 Å². The van der Waals surface area contributed by atoms with Crippen molar-refractivity contribution in [1.29, 1.82) is 0 Å². The molecule has 1 rings (SSSR count). The molecule has 0 spiro atoms. The van der Waals surface area contributed by atoms with Gasteiger partial charge in [0.25, 0.3) is 0 Å². The number of thioether (sulfide) groups is 1. The second-order valence-corrected chi connectivity index (χ2v) is 6.94. The van der Waals surface area contributed by atoms with Gasteiger partial charge in [0.1, 0.15) is 0 Å². The summed E-state index contributed by atoms with van der Waals surface area (Å²) in [6.45, 7) is 6.05. The number of halogens is 1. The van der Waals surface area contributed by atoms with E-state index in [9.17, 15) is 4.79 Å². The lowest BCUT2D eigenvalue weighted by Crippen LogP contribution is -2.37. The molecule has 0 aromatic heterocycles. The molecule has 2 atom stereocenters. The molecule has 0 fully saturated rings. The second-order valence-electron chi connectivity index (χ2n) is 4.64. The Bertz CT molecular complexity index is 439. The number of carbonyl (C=O) groups excluding carboxylic acids is 1. The van der Waals surface area contributed by atoms with Crippen LogP contribution in [0, 0.1) is 0 Å². The minimum absolute atomic E-state index is 0.0632. The zero-order chi connectivity index (χ0) is 14.4. The van der Waals surface area contributed by atoms with Crippen LogP contribution in [0.15, 0.2) is 27.6 Å². The number of anilines is 1. The van der Waals surface area contributed by atoms with Crippen LogP contribution < -0.4 is 11.1 Å². The number of nitrogens with one attached hydrogen (secondary N) is 1. The van der Waals surface area contributed by atoms with E-state index in [0.29, 0.717) is 5.69 Å². The largest absolute Gasteiger partial charge is 0.398 e. The number of hydrogen-bond acceptors (Lipinski definition) is 3. The molecule has 1 aromatic carbocycles. The highest BCUT2D eigenvalue weighted by atomic mass is 79.9. The first-order valence-electron chi connectivity index (χ1n) is 6.46. The van der Waals surface area contributed by atoms with Crippen molar-refractivity contribution in [2.24, 2.45) is 0 Å². The van der Waals surface area contributed by atoms with E-state index in [-0.39, 0.29) is 17.2 Å². The lowest BCUT2D eigenvalue weighted by Gasteiger charge is -2.17. The van der Waals surface area contributed by atoms with Gasteiger partial charge in [-0.2, -0.15) is 0 Å². The summed E-state index contributed by atoms with van der Waals surface area (Å²) in [5.74, 6) is 0.0632. The van der Waals surface area contributed by atoms with Gasteiger partial charge < -0.3 is 11.1 Å². The lowest BCUT2D eigenvalue weighted by atomic mass is 10.2. The highest BCUT2D eigenvalue weighted by molar-refractivity contribution is 9.10. The maximum absolute atomic E-state index is 12.0. The number of nitrogens with two attached hydrogens (primary N) is 1. The Kier molecular flexibility index (Phi) is 6.72. The molecule has 0 saturated carbocycles. The molecule has 19 heavy (non-hydrogen) atoms. The van der Waals surface area contributed by atoms with Gasteiger partial charge in [-0.25, -0.2) is 0 Å². The van der Waals surface area contributed by atoms with Crippen molar-refractivity contribution in [3.63, 3.8) is 0 Å². The van der Waals surface area contributed by atoms with Crippen LogP contribution in [0.5, 0.6) is 0 Å². The Labute approximate surface area is 127 Å². The minimum atomic E-state index is -0.150. The standard InChI is InChI=1S/C14H21BrN2OS/c1-4-5-9(2)17-14(18)10(3)19-13-7-6-11(15)8-12(13)16/h6-10H,4-5,16H2,1-3H3,(H,17,18). The normalized spacial score (nSPS) is 13.9. The van der Waals surface area contributed by atoms with E-state index < -0.39 is 0 Å². The Morgan fingerprint density at radius 3 is 2.74 bits per heavy atom. The first-order chi connectivity index (χ1) is 8.93. The maximum Gasteiger partial charge on any atom is 0.233 e. The summed E-state index contributed by atoms with van der Waals surface area (Å²) in [6, 6.07) is 5.95. The molecule has 3 nitrogen and oxygen atoms in total. The van der Waals surface area contributed by atoms with Gasteiger partial charge in [-0.05, 0) is 38.5 Å². The molecule has 0 aliphatic carbocycles. The molecule has 0 radical (unpaired) electrons. The third-order valence-electron chi connectivity index (χ3n) is 2.76. The van der Waals surface area contributed by atoms with Crippen molar-refractivity contribution in [2.75, 3.05) is 5.73 Å². The van der Waals surface area contributed by atoms with E-state index in [1.807, 2.05) is 32.0 Å². The summed E-state index contributed by atoms with van der Waals surface area (Å²) in [5, 5.41) is 2.87. The summed E-state index contributed by atoms with van der Waals surface area (Å²) >= 11 is 4.86. The van der Waals surface area contributed by atoms with Crippen molar-refractivity contribution >= 4 is 39.3 Å². The van der Waals surface area contributed by atoms with Gasteiger partial charge in [0.05, 0.1) is 5.25 Å². The summed E-state index contributed by atoms with van der Waals surface area (Å²) in [4.78, 5) is 13.0. The Hall–Kier alpha value is -0.680. The molecule has 106 valence electrons. The van der Waals surface area contributed by atoms with Gasteiger partial charge in [0.15, 0.2) is 0 Å². The van der Waals surface area contributed by atoms with E-state index in [1.54, 1.807) is 0 Å². The number of nitrogen functional groups attached to an aromatic ring is 1. The fourth-order valence-corrected chi connectivity index (χ4v) is 3.01. The molecular formula is C14H21BrN2OS. The number of carbonyl (C=O) groups is 1. The van der Waals surface area contributed by atoms with Crippen molar-refractivity contribution in [3.8, 4) is 0 Å². The smallest absolute Gasteiger partial charge is 0.233 e. The van der Waals surface area contributed by atoms with E-state index in [2.05, 4.69) is 28.2 Å². The van der Waals surface area contributed by atoms with E-state index in [1.165, 1.54) is 11.8 Å². The molecule has 0 aliphatic heterocycles. The fourth-order valence-electron chi connectivity index (χ4n) is 1.74. The summed E-state index contributed by atoms with van der Waals surface area (Å²) in [7, 11) is 0. The average Bonchev–Trinajstić information content (AvgIpc) is 2.32. The highest BCUT2D eigenvalue weighted by Gasteiger charge is 2.17. The number of amides is 1. The van der Waals surface area contributed by atoms with Crippen LogP contribution in [0.4, 0.5) is 5.69 Å². The van der Waals surface area contributed by atoms with Crippen LogP contribution >= 0.6 is 27.7 Å². The molecule has 0 heterocycles. The molecule has 2 unspecified atom stereocenters. The van der Waals surface area contributed by atoms with Crippen LogP contribution in [0.25, 0.3) is 0 Å². The third kappa shape index (κ3) is 5.45.